The lowest BCUT2D eigenvalue weighted by atomic mass is 9.79. The van der Waals surface area contributed by atoms with Crippen LogP contribution in [0, 0.1) is 11.8 Å². The zero-order valence-electron chi connectivity index (χ0n) is 9.28. The van der Waals surface area contributed by atoms with Gasteiger partial charge in [0.05, 0.1) is 18.5 Å². The van der Waals surface area contributed by atoms with Gasteiger partial charge in [-0.2, -0.15) is 0 Å². The van der Waals surface area contributed by atoms with Crippen LogP contribution in [-0.2, 0) is 4.74 Å². The molecule has 1 aliphatic heterocycles. The zero-order valence-corrected chi connectivity index (χ0v) is 9.28. The van der Waals surface area contributed by atoms with Gasteiger partial charge < -0.3 is 14.9 Å². The van der Waals surface area contributed by atoms with E-state index < -0.39 is 0 Å². The van der Waals surface area contributed by atoms with Gasteiger partial charge in [0, 0.05) is 18.9 Å². The molecule has 0 fully saturated rings. The first kappa shape index (κ1) is 11.0. The molecule has 1 unspecified atom stereocenters. The number of aliphatic hydroxyl groups excluding tert-OH is 2. The summed E-state index contributed by atoms with van der Waals surface area (Å²) in [5, 5.41) is 19.3. The van der Waals surface area contributed by atoms with Gasteiger partial charge in [0.15, 0.2) is 0 Å². The maximum Gasteiger partial charge on any atom is 0.0978 e. The van der Waals surface area contributed by atoms with E-state index in [9.17, 15) is 5.11 Å². The largest absolute Gasteiger partial charge is 0.497 e. The highest BCUT2D eigenvalue weighted by Crippen LogP contribution is 2.38. The summed E-state index contributed by atoms with van der Waals surface area (Å²) < 4.78 is 5.61. The third-order valence-corrected chi connectivity index (χ3v) is 3.69. The Morgan fingerprint density at radius 1 is 1.47 bits per heavy atom. The fourth-order valence-electron chi connectivity index (χ4n) is 2.62. The third kappa shape index (κ3) is 2.04. The minimum absolute atomic E-state index is 0.153. The minimum Gasteiger partial charge on any atom is -0.497 e. The van der Waals surface area contributed by atoms with Crippen LogP contribution < -0.4 is 0 Å². The molecule has 1 heterocycles. The molecule has 86 valence electrons. The van der Waals surface area contributed by atoms with Crippen molar-refractivity contribution in [1.82, 2.24) is 0 Å². The maximum atomic E-state index is 10.2. The summed E-state index contributed by atoms with van der Waals surface area (Å²) in [6.45, 7) is 2.88. The van der Waals surface area contributed by atoms with Crippen LogP contribution >= 0.6 is 0 Å². The van der Waals surface area contributed by atoms with E-state index in [1.54, 1.807) is 0 Å². The van der Waals surface area contributed by atoms with Crippen molar-refractivity contribution in [2.45, 2.75) is 38.7 Å². The Bertz CT molecular complexity index is 256. The molecule has 15 heavy (non-hydrogen) atoms. The molecule has 0 aromatic heterocycles. The van der Waals surface area contributed by atoms with Gasteiger partial charge in [-0.1, -0.05) is 13.3 Å². The monoisotopic (exact) mass is 212 g/mol. The van der Waals surface area contributed by atoms with Gasteiger partial charge in [-0.05, 0) is 24.3 Å². The molecular formula is C12H20O3. The Balaban J connectivity index is 2.13. The predicted octanol–water partition coefficient (Wildman–Crippen LogP) is 1.45. The van der Waals surface area contributed by atoms with Crippen LogP contribution in [0.3, 0.4) is 0 Å². The second-order valence-electron chi connectivity index (χ2n) is 4.66. The normalized spacial score (nSPS) is 36.1. The Morgan fingerprint density at radius 2 is 2.27 bits per heavy atom. The van der Waals surface area contributed by atoms with E-state index in [4.69, 9.17) is 9.84 Å². The fourth-order valence-corrected chi connectivity index (χ4v) is 2.62. The average molecular weight is 212 g/mol. The quantitative estimate of drug-likeness (QED) is 0.728. The van der Waals surface area contributed by atoms with Gasteiger partial charge >= 0.3 is 0 Å². The van der Waals surface area contributed by atoms with Gasteiger partial charge in [0.25, 0.3) is 0 Å². The fraction of sp³-hybridized carbons (Fsp3) is 0.833. The third-order valence-electron chi connectivity index (χ3n) is 3.69. The SMILES string of the molecule is CC[C@H]1CCC2=C(CC(CO)CO2)[C@@H]1O. The summed E-state index contributed by atoms with van der Waals surface area (Å²) in [5.41, 5.74) is 1.05. The first-order valence-corrected chi connectivity index (χ1v) is 5.89. The van der Waals surface area contributed by atoms with E-state index in [1.165, 1.54) is 0 Å². The van der Waals surface area contributed by atoms with Crippen LogP contribution in [0.2, 0.25) is 0 Å². The highest BCUT2D eigenvalue weighted by atomic mass is 16.5. The molecule has 2 N–H and O–H groups in total. The Morgan fingerprint density at radius 3 is 2.93 bits per heavy atom. The van der Waals surface area contributed by atoms with Crippen LogP contribution in [0.4, 0.5) is 0 Å². The number of ether oxygens (including phenoxy) is 1. The van der Waals surface area contributed by atoms with Crippen molar-refractivity contribution in [2.75, 3.05) is 13.2 Å². The summed E-state index contributed by atoms with van der Waals surface area (Å²) >= 11 is 0. The molecule has 0 aromatic carbocycles. The number of rotatable bonds is 2. The van der Waals surface area contributed by atoms with Crippen LogP contribution in [0.25, 0.3) is 0 Å². The van der Waals surface area contributed by atoms with Gasteiger partial charge in [0.1, 0.15) is 0 Å². The van der Waals surface area contributed by atoms with E-state index in [1.807, 2.05) is 0 Å². The van der Waals surface area contributed by atoms with E-state index >= 15 is 0 Å². The van der Waals surface area contributed by atoms with Crippen molar-refractivity contribution in [3.05, 3.63) is 11.3 Å². The molecule has 0 aromatic rings. The van der Waals surface area contributed by atoms with Crippen LogP contribution in [0.5, 0.6) is 0 Å². The molecule has 3 nitrogen and oxygen atoms in total. The van der Waals surface area contributed by atoms with E-state index in [0.717, 1.165) is 37.0 Å². The lowest BCUT2D eigenvalue weighted by molar-refractivity contribution is 0.0424. The predicted molar refractivity (Wildman–Crippen MR) is 57.2 cm³/mol. The van der Waals surface area contributed by atoms with Crippen molar-refractivity contribution in [3.63, 3.8) is 0 Å². The van der Waals surface area contributed by atoms with Crippen LogP contribution in [-0.4, -0.2) is 29.5 Å². The van der Waals surface area contributed by atoms with Crippen molar-refractivity contribution >= 4 is 0 Å². The second kappa shape index (κ2) is 4.54. The first-order chi connectivity index (χ1) is 7.26. The topological polar surface area (TPSA) is 49.7 Å². The minimum atomic E-state index is -0.340. The molecule has 1 aliphatic carbocycles. The van der Waals surface area contributed by atoms with Gasteiger partial charge in [-0.15, -0.1) is 0 Å². The lowest BCUT2D eigenvalue weighted by Gasteiger charge is -2.36. The van der Waals surface area contributed by atoms with Crippen LogP contribution in [0.1, 0.15) is 32.6 Å². The van der Waals surface area contributed by atoms with Crippen LogP contribution in [0.15, 0.2) is 11.3 Å². The standard InChI is InChI=1S/C12H20O3/c1-2-9-3-4-11-10(12(9)14)5-8(6-13)7-15-11/h8-9,12-14H,2-7H2,1H3/t8?,9-,12+/m0/s1. The molecule has 0 bridgehead atoms. The molecule has 0 saturated carbocycles. The number of hydrogen-bond acceptors (Lipinski definition) is 3. The summed E-state index contributed by atoms with van der Waals surface area (Å²) in [6, 6.07) is 0. The summed E-state index contributed by atoms with van der Waals surface area (Å²) in [6.07, 6.45) is 3.47. The number of allylic oxidation sites excluding steroid dienone is 1. The van der Waals surface area contributed by atoms with E-state index in [2.05, 4.69) is 6.92 Å². The Labute approximate surface area is 90.8 Å². The summed E-state index contributed by atoms with van der Waals surface area (Å²) in [5.74, 6) is 1.55. The Hall–Kier alpha value is -0.540. The summed E-state index contributed by atoms with van der Waals surface area (Å²) in [4.78, 5) is 0. The molecule has 0 radical (unpaired) electrons. The first-order valence-electron chi connectivity index (χ1n) is 5.89. The van der Waals surface area contributed by atoms with Gasteiger partial charge in [-0.3, -0.25) is 0 Å². The number of aliphatic hydroxyl groups is 2. The molecule has 2 aliphatic rings. The maximum absolute atomic E-state index is 10.2. The molecule has 0 spiro atoms. The molecule has 2 rings (SSSR count). The van der Waals surface area contributed by atoms with Crippen molar-refractivity contribution in [1.29, 1.82) is 0 Å². The summed E-state index contributed by atoms with van der Waals surface area (Å²) in [7, 11) is 0. The molecular weight excluding hydrogens is 192 g/mol. The van der Waals surface area contributed by atoms with Gasteiger partial charge in [-0.25, -0.2) is 0 Å². The number of hydrogen-bond donors (Lipinski definition) is 2. The molecule has 0 amide bonds. The highest BCUT2D eigenvalue weighted by molar-refractivity contribution is 5.21. The lowest BCUT2D eigenvalue weighted by Crippen LogP contribution is -2.33. The van der Waals surface area contributed by atoms with Gasteiger partial charge in [0.2, 0.25) is 0 Å². The van der Waals surface area contributed by atoms with E-state index in [-0.39, 0.29) is 18.6 Å². The molecule has 3 heteroatoms. The van der Waals surface area contributed by atoms with E-state index in [0.29, 0.717) is 12.5 Å². The molecule has 3 atom stereocenters. The highest BCUT2D eigenvalue weighted by Gasteiger charge is 2.33. The van der Waals surface area contributed by atoms with Crippen molar-refractivity contribution < 1.29 is 14.9 Å². The van der Waals surface area contributed by atoms with Crippen molar-refractivity contribution in [2.24, 2.45) is 11.8 Å². The zero-order chi connectivity index (χ0) is 10.8. The Kier molecular flexibility index (Phi) is 3.32. The average Bonchev–Trinajstić information content (AvgIpc) is 2.29. The smallest absolute Gasteiger partial charge is 0.0978 e. The second-order valence-corrected chi connectivity index (χ2v) is 4.66. The molecule has 0 saturated heterocycles. The van der Waals surface area contributed by atoms with Crippen molar-refractivity contribution in [3.8, 4) is 0 Å².